The molecule has 1 aliphatic carbocycles. The van der Waals surface area contributed by atoms with E-state index in [1.807, 2.05) is 12.1 Å². The fourth-order valence-corrected chi connectivity index (χ4v) is 3.19. The lowest BCUT2D eigenvalue weighted by atomic mass is 10.0. The molecule has 1 saturated carbocycles. The summed E-state index contributed by atoms with van der Waals surface area (Å²) in [5.74, 6) is 1.37. The predicted molar refractivity (Wildman–Crippen MR) is 85.1 cm³/mol. The monoisotopic (exact) mass is 275 g/mol. The number of rotatable bonds is 8. The Bertz CT molecular complexity index is 368. The summed E-state index contributed by atoms with van der Waals surface area (Å²) in [5.41, 5.74) is 1.31. The average Bonchev–Trinajstić information content (AvgIpc) is 2.96. The highest BCUT2D eigenvalue weighted by Crippen LogP contribution is 2.28. The molecule has 1 unspecified atom stereocenters. The number of nitrogens with one attached hydrogen (secondary N) is 1. The van der Waals surface area contributed by atoms with E-state index in [1.54, 1.807) is 12.1 Å². The van der Waals surface area contributed by atoms with Gasteiger partial charge in [-0.1, -0.05) is 37.8 Å². The van der Waals surface area contributed by atoms with Gasteiger partial charge in [0, 0.05) is 6.04 Å². The van der Waals surface area contributed by atoms with Crippen LogP contribution in [0.3, 0.4) is 0 Å². The Balaban J connectivity index is 1.53. The molecule has 1 fully saturated rings. The maximum atomic E-state index is 9.25. The number of hydrogen-bond acceptors (Lipinski definition) is 2. The van der Waals surface area contributed by atoms with Crippen molar-refractivity contribution in [3.05, 3.63) is 29.8 Å². The zero-order valence-corrected chi connectivity index (χ0v) is 12.8. The molecule has 1 aliphatic rings. The van der Waals surface area contributed by atoms with Crippen molar-refractivity contribution in [1.82, 2.24) is 5.32 Å². The van der Waals surface area contributed by atoms with Crippen molar-refractivity contribution in [2.45, 2.75) is 64.3 Å². The standard InChI is InChI=1S/C18H29NO/c1-15(8-9-17-10-12-18(20)13-11-17)19-14-4-7-16-5-2-3-6-16/h10-13,15-16,19-20H,2-9,14H2,1H3. The quantitative estimate of drug-likeness (QED) is 0.694. The van der Waals surface area contributed by atoms with Crippen LogP contribution in [0.1, 0.15) is 57.4 Å². The van der Waals surface area contributed by atoms with Crippen LogP contribution in [0.25, 0.3) is 0 Å². The Hall–Kier alpha value is -1.02. The molecule has 2 N–H and O–H groups in total. The van der Waals surface area contributed by atoms with Crippen molar-refractivity contribution in [1.29, 1.82) is 0 Å². The van der Waals surface area contributed by atoms with E-state index in [4.69, 9.17) is 0 Å². The smallest absolute Gasteiger partial charge is 0.115 e. The van der Waals surface area contributed by atoms with E-state index >= 15 is 0 Å². The topological polar surface area (TPSA) is 32.3 Å². The molecule has 0 heterocycles. The van der Waals surface area contributed by atoms with E-state index in [0.29, 0.717) is 11.8 Å². The highest BCUT2D eigenvalue weighted by atomic mass is 16.3. The van der Waals surface area contributed by atoms with Crippen LogP contribution in [-0.2, 0) is 6.42 Å². The van der Waals surface area contributed by atoms with Crippen LogP contribution in [0.15, 0.2) is 24.3 Å². The van der Waals surface area contributed by atoms with Crippen molar-refractivity contribution in [2.75, 3.05) is 6.54 Å². The zero-order chi connectivity index (χ0) is 14.2. The summed E-state index contributed by atoms with van der Waals surface area (Å²) < 4.78 is 0. The van der Waals surface area contributed by atoms with Gasteiger partial charge in [0.15, 0.2) is 0 Å². The van der Waals surface area contributed by atoms with Crippen LogP contribution in [0.2, 0.25) is 0 Å². The van der Waals surface area contributed by atoms with Gasteiger partial charge in [0.2, 0.25) is 0 Å². The lowest BCUT2D eigenvalue weighted by Crippen LogP contribution is -2.27. The van der Waals surface area contributed by atoms with Crippen LogP contribution in [-0.4, -0.2) is 17.7 Å². The Morgan fingerprint density at radius 1 is 1.20 bits per heavy atom. The van der Waals surface area contributed by atoms with E-state index in [0.717, 1.165) is 25.3 Å². The van der Waals surface area contributed by atoms with Crippen molar-refractivity contribution in [3.8, 4) is 5.75 Å². The SMILES string of the molecule is CC(CCc1ccc(O)cc1)NCCCC1CCCC1. The molecule has 20 heavy (non-hydrogen) atoms. The minimum Gasteiger partial charge on any atom is -0.508 e. The van der Waals surface area contributed by atoms with Crippen molar-refractivity contribution < 1.29 is 5.11 Å². The molecule has 2 nitrogen and oxygen atoms in total. The number of benzene rings is 1. The molecule has 1 aromatic rings. The molecule has 0 bridgehead atoms. The van der Waals surface area contributed by atoms with Gasteiger partial charge in [0.05, 0.1) is 0 Å². The molecule has 112 valence electrons. The van der Waals surface area contributed by atoms with Gasteiger partial charge in [0.25, 0.3) is 0 Å². The molecule has 2 heteroatoms. The van der Waals surface area contributed by atoms with Gasteiger partial charge in [-0.25, -0.2) is 0 Å². The van der Waals surface area contributed by atoms with Crippen LogP contribution in [0.5, 0.6) is 5.75 Å². The van der Waals surface area contributed by atoms with Gasteiger partial charge in [-0.05, 0) is 62.8 Å². The molecule has 0 aromatic heterocycles. The van der Waals surface area contributed by atoms with Gasteiger partial charge < -0.3 is 10.4 Å². The molecule has 0 aliphatic heterocycles. The van der Waals surface area contributed by atoms with E-state index in [2.05, 4.69) is 12.2 Å². The molecule has 2 rings (SSSR count). The van der Waals surface area contributed by atoms with E-state index in [9.17, 15) is 5.11 Å². The largest absolute Gasteiger partial charge is 0.508 e. The van der Waals surface area contributed by atoms with E-state index in [-0.39, 0.29) is 0 Å². The first kappa shape index (κ1) is 15.4. The average molecular weight is 275 g/mol. The van der Waals surface area contributed by atoms with Crippen molar-refractivity contribution in [2.24, 2.45) is 5.92 Å². The maximum absolute atomic E-state index is 9.25. The summed E-state index contributed by atoms with van der Waals surface area (Å²) >= 11 is 0. The first-order valence-corrected chi connectivity index (χ1v) is 8.25. The summed E-state index contributed by atoms with van der Waals surface area (Å²) in [6.07, 6.45) is 10.8. The highest BCUT2D eigenvalue weighted by Gasteiger charge is 2.14. The first-order valence-electron chi connectivity index (χ1n) is 8.25. The van der Waals surface area contributed by atoms with Gasteiger partial charge in [-0.2, -0.15) is 0 Å². The maximum Gasteiger partial charge on any atom is 0.115 e. The normalized spacial score (nSPS) is 17.4. The number of phenols is 1. The van der Waals surface area contributed by atoms with E-state index < -0.39 is 0 Å². The molecule has 0 amide bonds. The molecule has 0 radical (unpaired) electrons. The minimum absolute atomic E-state index is 0.354. The van der Waals surface area contributed by atoms with Crippen molar-refractivity contribution >= 4 is 0 Å². The lowest BCUT2D eigenvalue weighted by Gasteiger charge is -2.15. The number of hydrogen-bond donors (Lipinski definition) is 2. The van der Waals surface area contributed by atoms with Gasteiger partial charge in [0.1, 0.15) is 5.75 Å². The van der Waals surface area contributed by atoms with Gasteiger partial charge >= 0.3 is 0 Å². The van der Waals surface area contributed by atoms with Crippen molar-refractivity contribution in [3.63, 3.8) is 0 Å². The Morgan fingerprint density at radius 3 is 2.60 bits per heavy atom. The zero-order valence-electron chi connectivity index (χ0n) is 12.8. The second-order valence-corrected chi connectivity index (χ2v) is 6.35. The van der Waals surface area contributed by atoms with E-state index in [1.165, 1.54) is 44.1 Å². The van der Waals surface area contributed by atoms with Gasteiger partial charge in [-0.3, -0.25) is 0 Å². The Labute approximate surface area is 123 Å². The number of phenolic OH excluding ortho intramolecular Hbond substituents is 1. The summed E-state index contributed by atoms with van der Waals surface area (Å²) in [6.45, 7) is 3.43. The second kappa shape index (κ2) is 8.31. The Morgan fingerprint density at radius 2 is 1.90 bits per heavy atom. The third-order valence-corrected chi connectivity index (χ3v) is 4.56. The molecule has 0 saturated heterocycles. The van der Waals surface area contributed by atoms with Crippen LogP contribution in [0.4, 0.5) is 0 Å². The number of aromatic hydroxyl groups is 1. The molecular weight excluding hydrogens is 246 g/mol. The molecule has 1 atom stereocenters. The Kier molecular flexibility index (Phi) is 6.38. The summed E-state index contributed by atoms with van der Waals surface area (Å²) in [6, 6.07) is 8.15. The second-order valence-electron chi connectivity index (χ2n) is 6.35. The fourth-order valence-electron chi connectivity index (χ4n) is 3.19. The predicted octanol–water partition coefficient (Wildman–Crippen LogP) is 4.27. The third kappa shape index (κ3) is 5.54. The lowest BCUT2D eigenvalue weighted by molar-refractivity contribution is 0.444. The summed E-state index contributed by atoms with van der Waals surface area (Å²) in [7, 11) is 0. The molecule has 1 aromatic carbocycles. The first-order chi connectivity index (χ1) is 9.74. The van der Waals surface area contributed by atoms with Gasteiger partial charge in [-0.15, -0.1) is 0 Å². The van der Waals surface area contributed by atoms with Crippen LogP contribution in [0, 0.1) is 5.92 Å². The summed E-state index contributed by atoms with van der Waals surface area (Å²) in [5, 5.41) is 12.9. The molecular formula is C18H29NO. The van der Waals surface area contributed by atoms with Crippen LogP contribution >= 0.6 is 0 Å². The minimum atomic E-state index is 0.354. The number of aryl methyl sites for hydroxylation is 1. The van der Waals surface area contributed by atoms with Crippen LogP contribution < -0.4 is 5.32 Å². The fraction of sp³-hybridized carbons (Fsp3) is 0.667. The summed E-state index contributed by atoms with van der Waals surface area (Å²) in [4.78, 5) is 0. The molecule has 0 spiro atoms. The highest BCUT2D eigenvalue weighted by molar-refractivity contribution is 5.25. The third-order valence-electron chi connectivity index (χ3n) is 4.56.